The van der Waals surface area contributed by atoms with Crippen LogP contribution in [-0.2, 0) is 0 Å². The Morgan fingerprint density at radius 2 is 1.57 bits per heavy atom. The van der Waals surface area contributed by atoms with Crippen molar-refractivity contribution in [3.63, 3.8) is 0 Å². The van der Waals surface area contributed by atoms with Gasteiger partial charge in [-0.25, -0.2) is 0 Å². The van der Waals surface area contributed by atoms with Gasteiger partial charge < -0.3 is 0 Å². The Labute approximate surface area is 142 Å². The predicted molar refractivity (Wildman–Crippen MR) is 96.8 cm³/mol. The van der Waals surface area contributed by atoms with Crippen LogP contribution < -0.4 is 9.05 Å². The fourth-order valence-corrected chi connectivity index (χ4v) is 4.73. The maximum atomic E-state index is 4.89. The van der Waals surface area contributed by atoms with Crippen LogP contribution in [0.25, 0.3) is 16.9 Å². The normalized spacial score (nSPS) is 11.0. The number of fused-ring (bicyclic) bond motifs is 1. The number of aromatic nitrogens is 2. The van der Waals surface area contributed by atoms with E-state index in [1.165, 1.54) is 20.2 Å². The van der Waals surface area contributed by atoms with Gasteiger partial charge in [0.15, 0.2) is 0 Å². The summed E-state index contributed by atoms with van der Waals surface area (Å²) in [7, 11) is 0. The molecule has 0 unspecified atom stereocenters. The van der Waals surface area contributed by atoms with Crippen LogP contribution in [0, 0.1) is 6.92 Å². The average Bonchev–Trinajstić information content (AvgIpc) is 2.95. The molecule has 4 rings (SSSR count). The van der Waals surface area contributed by atoms with Gasteiger partial charge in [0.25, 0.3) is 0 Å². The Morgan fingerprint density at radius 1 is 0.826 bits per heavy atom. The quantitative estimate of drug-likeness (QED) is 0.512. The van der Waals surface area contributed by atoms with Crippen LogP contribution in [0.5, 0.6) is 0 Å². The number of hydrogen-bond donors (Lipinski definition) is 0. The van der Waals surface area contributed by atoms with Crippen molar-refractivity contribution in [2.24, 2.45) is 0 Å². The molecule has 23 heavy (non-hydrogen) atoms. The molecule has 0 amide bonds. The second-order valence-corrected chi connectivity index (χ2v) is 7.70. The van der Waals surface area contributed by atoms with E-state index in [0.29, 0.717) is 0 Å². The molecule has 112 valence electrons. The molecule has 3 heteroatoms. The number of imidazole rings is 1. The average molecular weight is 363 g/mol. The maximum absolute atomic E-state index is 4.89. The van der Waals surface area contributed by atoms with Crippen LogP contribution in [-0.4, -0.2) is 24.3 Å². The fourth-order valence-electron chi connectivity index (χ4n) is 2.57. The molecule has 2 heterocycles. The third kappa shape index (κ3) is 2.81. The van der Waals surface area contributed by atoms with Crippen LogP contribution >= 0.6 is 0 Å². The second kappa shape index (κ2) is 6.04. The first-order valence-electron chi connectivity index (χ1n) is 7.58. The van der Waals surface area contributed by atoms with E-state index in [4.69, 9.17) is 4.98 Å². The molecule has 4 aromatic rings. The summed E-state index contributed by atoms with van der Waals surface area (Å²) in [5.41, 5.74) is 4.57. The van der Waals surface area contributed by atoms with Gasteiger partial charge >= 0.3 is 142 Å². The van der Waals surface area contributed by atoms with Crippen molar-refractivity contribution in [3.8, 4) is 11.3 Å². The summed E-state index contributed by atoms with van der Waals surface area (Å²) in [6, 6.07) is 25.5. The standard InChI is InChI=1S/C20H16N2Se/c1-15-10-12-16(13-11-15)19-20(23-17-7-3-2-4-8-17)22-14-6-5-9-18(22)21-19/h2-14H,1H3. The van der Waals surface area contributed by atoms with Gasteiger partial charge in [-0.05, 0) is 0 Å². The third-order valence-corrected chi connectivity index (χ3v) is 6.06. The van der Waals surface area contributed by atoms with E-state index in [1.54, 1.807) is 0 Å². The molecular weight excluding hydrogens is 347 g/mol. The molecule has 0 saturated carbocycles. The zero-order valence-electron chi connectivity index (χ0n) is 12.8. The van der Waals surface area contributed by atoms with Crippen LogP contribution in [0.1, 0.15) is 5.56 Å². The SMILES string of the molecule is Cc1ccc(-c2nc3ccccn3c2[Se]c2ccccc2)cc1. The molecule has 0 spiro atoms. The van der Waals surface area contributed by atoms with Gasteiger partial charge in [-0.2, -0.15) is 0 Å². The summed E-state index contributed by atoms with van der Waals surface area (Å²) < 4.78 is 4.88. The minimum atomic E-state index is 0.211. The van der Waals surface area contributed by atoms with Crippen LogP contribution in [0.15, 0.2) is 79.0 Å². The molecule has 0 atom stereocenters. The van der Waals surface area contributed by atoms with Gasteiger partial charge in [0.05, 0.1) is 0 Å². The van der Waals surface area contributed by atoms with Gasteiger partial charge in [0, 0.05) is 0 Å². The summed E-state index contributed by atoms with van der Waals surface area (Å²) in [5, 5.41) is 0. The van der Waals surface area contributed by atoms with Gasteiger partial charge in [-0.3, -0.25) is 0 Å². The first kappa shape index (κ1) is 14.3. The molecule has 2 aromatic heterocycles. The topological polar surface area (TPSA) is 17.3 Å². The van der Waals surface area contributed by atoms with Crippen LogP contribution in [0.3, 0.4) is 0 Å². The Morgan fingerprint density at radius 3 is 2.35 bits per heavy atom. The van der Waals surface area contributed by atoms with Crippen molar-refractivity contribution in [2.45, 2.75) is 6.92 Å². The number of benzene rings is 2. The van der Waals surface area contributed by atoms with E-state index in [9.17, 15) is 0 Å². The first-order valence-corrected chi connectivity index (χ1v) is 9.29. The molecule has 0 fully saturated rings. The van der Waals surface area contributed by atoms with E-state index in [2.05, 4.69) is 84.3 Å². The molecule has 0 aliphatic heterocycles. The van der Waals surface area contributed by atoms with E-state index in [0.717, 1.165) is 11.3 Å². The fraction of sp³-hybridized carbons (Fsp3) is 0.0500. The van der Waals surface area contributed by atoms with E-state index in [-0.39, 0.29) is 15.0 Å². The Kier molecular flexibility index (Phi) is 3.74. The zero-order chi connectivity index (χ0) is 15.6. The second-order valence-electron chi connectivity index (χ2n) is 5.48. The van der Waals surface area contributed by atoms with E-state index < -0.39 is 0 Å². The predicted octanol–water partition coefficient (Wildman–Crippen LogP) is 2.96. The Bertz CT molecular complexity index is 940. The van der Waals surface area contributed by atoms with Gasteiger partial charge in [0.1, 0.15) is 0 Å². The van der Waals surface area contributed by atoms with Gasteiger partial charge in [0.2, 0.25) is 0 Å². The summed E-state index contributed by atoms with van der Waals surface area (Å²) in [6.45, 7) is 2.11. The summed E-state index contributed by atoms with van der Waals surface area (Å²) in [5.74, 6) is 0. The molecule has 2 nitrogen and oxygen atoms in total. The van der Waals surface area contributed by atoms with Crippen molar-refractivity contribution in [1.29, 1.82) is 0 Å². The zero-order valence-corrected chi connectivity index (χ0v) is 14.5. The number of pyridine rings is 1. The summed E-state index contributed by atoms with van der Waals surface area (Å²) in [6.07, 6.45) is 2.11. The molecule has 0 N–H and O–H groups in total. The number of aryl methyl sites for hydroxylation is 1. The summed E-state index contributed by atoms with van der Waals surface area (Å²) in [4.78, 5) is 4.89. The number of hydrogen-bond acceptors (Lipinski definition) is 1. The molecule has 0 saturated heterocycles. The van der Waals surface area contributed by atoms with Crippen molar-refractivity contribution < 1.29 is 0 Å². The van der Waals surface area contributed by atoms with Crippen molar-refractivity contribution >= 4 is 29.7 Å². The van der Waals surface area contributed by atoms with Crippen molar-refractivity contribution in [1.82, 2.24) is 9.38 Å². The van der Waals surface area contributed by atoms with Gasteiger partial charge in [-0.15, -0.1) is 0 Å². The van der Waals surface area contributed by atoms with Crippen molar-refractivity contribution in [3.05, 3.63) is 84.6 Å². The molecule has 0 bridgehead atoms. The molecule has 0 radical (unpaired) electrons. The monoisotopic (exact) mass is 364 g/mol. The van der Waals surface area contributed by atoms with E-state index in [1.807, 2.05) is 6.07 Å². The summed E-state index contributed by atoms with van der Waals surface area (Å²) >= 11 is 0.211. The van der Waals surface area contributed by atoms with E-state index >= 15 is 0 Å². The third-order valence-electron chi connectivity index (χ3n) is 3.77. The van der Waals surface area contributed by atoms with Crippen LogP contribution in [0.2, 0.25) is 0 Å². The Balaban J connectivity index is 1.89. The molecule has 2 aromatic carbocycles. The first-order chi connectivity index (χ1) is 11.3. The van der Waals surface area contributed by atoms with Crippen molar-refractivity contribution in [2.75, 3.05) is 0 Å². The minimum absolute atomic E-state index is 0.211. The molecule has 0 aliphatic rings. The molecular formula is C20H16N2Se. The molecule has 0 aliphatic carbocycles. The van der Waals surface area contributed by atoms with Gasteiger partial charge in [-0.1, -0.05) is 0 Å². The van der Waals surface area contributed by atoms with Crippen LogP contribution in [0.4, 0.5) is 0 Å². The number of rotatable bonds is 3. The number of nitrogens with zero attached hydrogens (tertiary/aromatic N) is 2. The Hall–Kier alpha value is -2.35.